The first kappa shape index (κ1) is 16.3. The van der Waals surface area contributed by atoms with Crippen molar-refractivity contribution in [3.63, 3.8) is 0 Å². The van der Waals surface area contributed by atoms with E-state index in [0.717, 1.165) is 0 Å². The number of benzene rings is 1. The molecule has 0 bridgehead atoms. The molecular weight excluding hydrogens is 316 g/mol. The van der Waals surface area contributed by atoms with Crippen LogP contribution in [0.25, 0.3) is 11.3 Å². The van der Waals surface area contributed by atoms with Gasteiger partial charge in [-0.05, 0) is 37.8 Å². The van der Waals surface area contributed by atoms with E-state index in [2.05, 4.69) is 9.97 Å². The number of hydrogen-bond acceptors (Lipinski definition) is 4. The van der Waals surface area contributed by atoms with Crippen molar-refractivity contribution >= 4 is 11.8 Å². The molecule has 2 aromatic rings. The molecule has 3 rings (SSSR count). The number of carboxylic acids is 1. The highest BCUT2D eigenvalue weighted by Gasteiger charge is 2.25. The van der Waals surface area contributed by atoms with Crippen LogP contribution in [-0.4, -0.2) is 27.2 Å². The average molecular weight is 333 g/mol. The van der Waals surface area contributed by atoms with E-state index in [1.165, 1.54) is 24.4 Å². The van der Waals surface area contributed by atoms with Crippen molar-refractivity contribution in [2.75, 3.05) is 5.73 Å². The second-order valence-electron chi connectivity index (χ2n) is 5.95. The third-order valence-electron chi connectivity index (χ3n) is 4.38. The summed E-state index contributed by atoms with van der Waals surface area (Å²) >= 11 is 0. The van der Waals surface area contributed by atoms with Crippen molar-refractivity contribution in [3.05, 3.63) is 41.5 Å². The van der Waals surface area contributed by atoms with Crippen LogP contribution in [0.4, 0.5) is 14.6 Å². The van der Waals surface area contributed by atoms with Gasteiger partial charge in [0.1, 0.15) is 23.5 Å². The van der Waals surface area contributed by atoms with Crippen LogP contribution in [0.2, 0.25) is 0 Å². The molecule has 1 fully saturated rings. The lowest BCUT2D eigenvalue weighted by Crippen LogP contribution is -2.15. The lowest BCUT2D eigenvalue weighted by molar-refractivity contribution is 0.0692. The van der Waals surface area contributed by atoms with E-state index in [-0.39, 0.29) is 23.0 Å². The van der Waals surface area contributed by atoms with Crippen molar-refractivity contribution < 1.29 is 18.7 Å². The molecule has 0 spiro atoms. The number of hydrogen-bond donors (Lipinski definition) is 2. The Morgan fingerprint density at radius 3 is 2.62 bits per heavy atom. The Bertz CT molecular complexity index is 774. The number of alkyl halides is 1. The second kappa shape index (κ2) is 6.51. The molecule has 0 radical (unpaired) electrons. The van der Waals surface area contributed by atoms with Crippen LogP contribution in [0.3, 0.4) is 0 Å². The summed E-state index contributed by atoms with van der Waals surface area (Å²) in [6, 6.07) is 4.03. The first-order chi connectivity index (χ1) is 11.5. The molecular formula is C17H17F2N3O2. The Morgan fingerprint density at radius 2 is 1.96 bits per heavy atom. The van der Waals surface area contributed by atoms with E-state index in [1.807, 2.05) is 0 Å². The van der Waals surface area contributed by atoms with Crippen LogP contribution in [-0.2, 0) is 0 Å². The van der Waals surface area contributed by atoms with E-state index in [0.29, 0.717) is 31.4 Å². The van der Waals surface area contributed by atoms with Crippen LogP contribution in [0.1, 0.15) is 47.7 Å². The van der Waals surface area contributed by atoms with Crippen LogP contribution >= 0.6 is 0 Å². The minimum Gasteiger partial charge on any atom is -0.478 e. The predicted octanol–water partition coefficient (Wildman–Crippen LogP) is 3.56. The van der Waals surface area contributed by atoms with Gasteiger partial charge in [0.05, 0.1) is 17.5 Å². The summed E-state index contributed by atoms with van der Waals surface area (Å²) in [5.41, 5.74) is 6.13. The summed E-state index contributed by atoms with van der Waals surface area (Å²) < 4.78 is 27.8. The van der Waals surface area contributed by atoms with E-state index < -0.39 is 23.5 Å². The van der Waals surface area contributed by atoms with Gasteiger partial charge in [0.25, 0.3) is 0 Å². The molecule has 1 aromatic carbocycles. The van der Waals surface area contributed by atoms with Crippen molar-refractivity contribution in [2.45, 2.75) is 37.8 Å². The van der Waals surface area contributed by atoms with Crippen molar-refractivity contribution in [1.29, 1.82) is 0 Å². The minimum atomic E-state index is -1.36. The van der Waals surface area contributed by atoms with E-state index in [4.69, 9.17) is 10.8 Å². The van der Waals surface area contributed by atoms with Gasteiger partial charge in [-0.25, -0.2) is 23.5 Å². The van der Waals surface area contributed by atoms with Gasteiger partial charge in [-0.2, -0.15) is 0 Å². The number of carboxylic acid groups (broad SMARTS) is 1. The molecule has 3 N–H and O–H groups in total. The largest absolute Gasteiger partial charge is 0.478 e. The van der Waals surface area contributed by atoms with Gasteiger partial charge in [-0.1, -0.05) is 6.07 Å². The molecule has 1 heterocycles. The fraction of sp³-hybridized carbons (Fsp3) is 0.353. The Labute approximate surface area is 137 Å². The van der Waals surface area contributed by atoms with Gasteiger partial charge in [-0.3, -0.25) is 0 Å². The number of rotatable bonds is 3. The van der Waals surface area contributed by atoms with Gasteiger partial charge in [0, 0.05) is 11.5 Å². The Balaban J connectivity index is 2.01. The molecule has 0 saturated heterocycles. The highest BCUT2D eigenvalue weighted by atomic mass is 19.1. The molecule has 0 unspecified atom stereocenters. The van der Waals surface area contributed by atoms with Crippen LogP contribution < -0.4 is 5.73 Å². The smallest absolute Gasteiger partial charge is 0.338 e. The maximum absolute atomic E-state index is 14.5. The Kier molecular flexibility index (Phi) is 4.42. The zero-order valence-electron chi connectivity index (χ0n) is 12.9. The van der Waals surface area contributed by atoms with Gasteiger partial charge in [0.15, 0.2) is 0 Å². The lowest BCUT2D eigenvalue weighted by atomic mass is 9.86. The van der Waals surface area contributed by atoms with E-state index >= 15 is 0 Å². The fourth-order valence-corrected chi connectivity index (χ4v) is 3.04. The summed E-state index contributed by atoms with van der Waals surface area (Å²) in [7, 11) is 0. The van der Waals surface area contributed by atoms with Gasteiger partial charge < -0.3 is 10.8 Å². The standard InChI is InChI=1S/C17H17F2N3O2/c18-10-6-4-9(5-7-10)13-8-21-16(20)15(22-13)11-2-1-3-12(14(11)19)17(23)24/h1-3,8-10H,4-7H2,(H2,20,21)(H,23,24). The second-order valence-corrected chi connectivity index (χ2v) is 5.95. The number of aromatic carboxylic acids is 1. The molecule has 0 aliphatic heterocycles. The van der Waals surface area contributed by atoms with Gasteiger partial charge >= 0.3 is 5.97 Å². The summed E-state index contributed by atoms with van der Waals surface area (Å²) in [4.78, 5) is 19.6. The lowest BCUT2D eigenvalue weighted by Gasteiger charge is -2.24. The van der Waals surface area contributed by atoms with Crippen LogP contribution in [0, 0.1) is 5.82 Å². The maximum atomic E-state index is 14.5. The number of aromatic nitrogens is 2. The third kappa shape index (κ3) is 3.06. The monoisotopic (exact) mass is 333 g/mol. The summed E-state index contributed by atoms with van der Waals surface area (Å²) in [5.74, 6) is -2.18. The molecule has 1 saturated carbocycles. The Morgan fingerprint density at radius 1 is 1.25 bits per heavy atom. The summed E-state index contributed by atoms with van der Waals surface area (Å²) in [6.07, 6.45) is 2.98. The highest BCUT2D eigenvalue weighted by molar-refractivity contribution is 5.90. The molecule has 0 amide bonds. The average Bonchev–Trinajstić information content (AvgIpc) is 2.56. The number of nitrogen functional groups attached to an aromatic ring is 1. The van der Waals surface area contributed by atoms with E-state index in [1.54, 1.807) is 0 Å². The van der Waals surface area contributed by atoms with Crippen molar-refractivity contribution in [3.8, 4) is 11.3 Å². The number of anilines is 1. The number of carbonyl (C=O) groups is 1. The van der Waals surface area contributed by atoms with Gasteiger partial charge in [0.2, 0.25) is 0 Å². The highest BCUT2D eigenvalue weighted by Crippen LogP contribution is 2.35. The first-order valence-electron chi connectivity index (χ1n) is 7.76. The predicted molar refractivity (Wildman–Crippen MR) is 84.9 cm³/mol. The molecule has 1 aromatic heterocycles. The fourth-order valence-electron chi connectivity index (χ4n) is 3.04. The van der Waals surface area contributed by atoms with Crippen molar-refractivity contribution in [1.82, 2.24) is 9.97 Å². The molecule has 7 heteroatoms. The summed E-state index contributed by atoms with van der Waals surface area (Å²) in [6.45, 7) is 0. The maximum Gasteiger partial charge on any atom is 0.338 e. The third-order valence-corrected chi connectivity index (χ3v) is 4.38. The number of nitrogens with two attached hydrogens (primary N) is 1. The number of halogens is 2. The van der Waals surface area contributed by atoms with Crippen LogP contribution in [0.15, 0.2) is 24.4 Å². The van der Waals surface area contributed by atoms with Crippen molar-refractivity contribution in [2.24, 2.45) is 0 Å². The molecule has 1 aliphatic carbocycles. The molecule has 5 nitrogen and oxygen atoms in total. The number of nitrogens with zero attached hydrogens (tertiary/aromatic N) is 2. The first-order valence-corrected chi connectivity index (χ1v) is 7.76. The van der Waals surface area contributed by atoms with Crippen LogP contribution in [0.5, 0.6) is 0 Å². The molecule has 1 aliphatic rings. The molecule has 24 heavy (non-hydrogen) atoms. The quantitative estimate of drug-likeness (QED) is 0.896. The zero-order chi connectivity index (χ0) is 17.3. The minimum absolute atomic E-state index is 0.000859. The normalized spacial score (nSPS) is 20.8. The zero-order valence-corrected chi connectivity index (χ0v) is 12.9. The summed E-state index contributed by atoms with van der Waals surface area (Å²) in [5, 5.41) is 9.05. The molecule has 0 atom stereocenters. The van der Waals surface area contributed by atoms with Gasteiger partial charge in [-0.15, -0.1) is 0 Å². The Hall–Kier alpha value is -2.57. The molecule has 126 valence electrons. The topological polar surface area (TPSA) is 89.1 Å². The van der Waals surface area contributed by atoms with E-state index in [9.17, 15) is 13.6 Å². The SMILES string of the molecule is Nc1ncc(C2CCC(F)CC2)nc1-c1cccc(C(=O)O)c1F.